The number of rotatable bonds is 7. The number of aromatic nitrogens is 2. The average Bonchev–Trinajstić information content (AvgIpc) is 3.03. The molecule has 0 saturated carbocycles. The SMILES string of the molecule is COCCn1ncc(Br)c1C(=O)CCC1CCCO1. The molecule has 0 aliphatic carbocycles. The van der Waals surface area contributed by atoms with E-state index in [-0.39, 0.29) is 11.9 Å². The van der Waals surface area contributed by atoms with Crippen molar-refractivity contribution in [3.05, 3.63) is 16.4 Å². The Morgan fingerprint density at radius 1 is 1.68 bits per heavy atom. The van der Waals surface area contributed by atoms with Gasteiger partial charge in [-0.2, -0.15) is 5.10 Å². The van der Waals surface area contributed by atoms with Crippen LogP contribution in [-0.4, -0.2) is 42.0 Å². The van der Waals surface area contributed by atoms with Crippen LogP contribution in [0.3, 0.4) is 0 Å². The van der Waals surface area contributed by atoms with E-state index in [1.807, 2.05) is 0 Å². The summed E-state index contributed by atoms with van der Waals surface area (Å²) in [6, 6.07) is 0. The molecule has 6 heteroatoms. The number of ketones is 1. The maximum Gasteiger partial charge on any atom is 0.182 e. The number of nitrogens with zero attached hydrogens (tertiary/aromatic N) is 2. The molecule has 0 amide bonds. The highest BCUT2D eigenvalue weighted by Gasteiger charge is 2.21. The van der Waals surface area contributed by atoms with Crippen LogP contribution < -0.4 is 0 Å². The summed E-state index contributed by atoms with van der Waals surface area (Å²) in [6.07, 6.45) is 5.38. The fourth-order valence-electron chi connectivity index (χ4n) is 2.27. The number of halogens is 1. The Balaban J connectivity index is 1.94. The standard InChI is InChI=1S/C13H19BrN2O3/c1-18-8-6-16-13(11(14)9-15-16)12(17)5-4-10-3-2-7-19-10/h9-10H,2-8H2,1H3. The van der Waals surface area contributed by atoms with E-state index in [4.69, 9.17) is 9.47 Å². The van der Waals surface area contributed by atoms with Crippen LogP contribution in [0.1, 0.15) is 36.2 Å². The lowest BCUT2D eigenvalue weighted by atomic mass is 10.1. The van der Waals surface area contributed by atoms with Crippen LogP contribution in [-0.2, 0) is 16.0 Å². The van der Waals surface area contributed by atoms with E-state index in [2.05, 4.69) is 21.0 Å². The zero-order chi connectivity index (χ0) is 13.7. The van der Waals surface area contributed by atoms with Crippen molar-refractivity contribution in [1.29, 1.82) is 0 Å². The smallest absolute Gasteiger partial charge is 0.182 e. The van der Waals surface area contributed by atoms with Gasteiger partial charge in [-0.15, -0.1) is 0 Å². The zero-order valence-electron chi connectivity index (χ0n) is 11.1. The third kappa shape index (κ3) is 3.87. The highest BCUT2D eigenvalue weighted by Crippen LogP contribution is 2.22. The van der Waals surface area contributed by atoms with Crippen LogP contribution in [0.2, 0.25) is 0 Å². The first-order valence-electron chi connectivity index (χ1n) is 6.57. The molecule has 1 atom stereocenters. The Labute approximate surface area is 121 Å². The van der Waals surface area contributed by atoms with Crippen LogP contribution in [0.15, 0.2) is 10.7 Å². The third-order valence-corrected chi connectivity index (χ3v) is 3.86. The first-order chi connectivity index (χ1) is 9.22. The molecule has 1 aromatic heterocycles. The second-order valence-electron chi connectivity index (χ2n) is 4.65. The largest absolute Gasteiger partial charge is 0.383 e. The molecule has 1 unspecified atom stereocenters. The molecule has 1 aliphatic rings. The van der Waals surface area contributed by atoms with Gasteiger partial charge in [0.2, 0.25) is 0 Å². The van der Waals surface area contributed by atoms with Gasteiger partial charge in [-0.1, -0.05) is 0 Å². The maximum atomic E-state index is 12.3. The van der Waals surface area contributed by atoms with Crippen molar-refractivity contribution in [2.24, 2.45) is 0 Å². The molecule has 0 radical (unpaired) electrons. The van der Waals surface area contributed by atoms with E-state index >= 15 is 0 Å². The van der Waals surface area contributed by atoms with Gasteiger partial charge in [-0.3, -0.25) is 9.48 Å². The summed E-state index contributed by atoms with van der Waals surface area (Å²) in [7, 11) is 1.64. The van der Waals surface area contributed by atoms with Crippen LogP contribution in [0, 0.1) is 0 Å². The summed E-state index contributed by atoms with van der Waals surface area (Å²) >= 11 is 3.39. The second kappa shape index (κ2) is 7.17. The van der Waals surface area contributed by atoms with Gasteiger partial charge in [-0.05, 0) is 35.2 Å². The summed E-state index contributed by atoms with van der Waals surface area (Å²) in [6.45, 7) is 1.96. The molecule has 1 saturated heterocycles. The predicted octanol–water partition coefficient (Wildman–Crippen LogP) is 2.43. The minimum atomic E-state index is 0.107. The highest BCUT2D eigenvalue weighted by atomic mass is 79.9. The lowest BCUT2D eigenvalue weighted by molar-refractivity contribution is 0.0849. The fraction of sp³-hybridized carbons (Fsp3) is 0.692. The minimum absolute atomic E-state index is 0.107. The summed E-state index contributed by atoms with van der Waals surface area (Å²) in [5.41, 5.74) is 0.634. The van der Waals surface area contributed by atoms with Crippen molar-refractivity contribution in [1.82, 2.24) is 9.78 Å². The van der Waals surface area contributed by atoms with Crippen LogP contribution >= 0.6 is 15.9 Å². The molecule has 19 heavy (non-hydrogen) atoms. The van der Waals surface area contributed by atoms with Crippen molar-refractivity contribution >= 4 is 21.7 Å². The van der Waals surface area contributed by atoms with Crippen molar-refractivity contribution < 1.29 is 14.3 Å². The van der Waals surface area contributed by atoms with Crippen molar-refractivity contribution in [2.45, 2.75) is 38.3 Å². The molecule has 0 N–H and O–H groups in total. The molecular weight excluding hydrogens is 312 g/mol. The van der Waals surface area contributed by atoms with E-state index in [0.29, 0.717) is 25.3 Å². The average molecular weight is 331 g/mol. The topological polar surface area (TPSA) is 53.4 Å². The second-order valence-corrected chi connectivity index (χ2v) is 5.51. The number of hydrogen-bond donors (Lipinski definition) is 0. The van der Waals surface area contributed by atoms with E-state index < -0.39 is 0 Å². The first kappa shape index (κ1) is 14.7. The Kier molecular flexibility index (Phi) is 5.54. The maximum absolute atomic E-state index is 12.3. The number of hydrogen-bond acceptors (Lipinski definition) is 4. The normalized spacial score (nSPS) is 18.9. The third-order valence-electron chi connectivity index (χ3n) is 3.28. The van der Waals surface area contributed by atoms with Crippen LogP contribution in [0.4, 0.5) is 0 Å². The fourth-order valence-corrected chi connectivity index (χ4v) is 2.79. The molecule has 0 aromatic carbocycles. The minimum Gasteiger partial charge on any atom is -0.383 e. The molecule has 1 aromatic rings. The quantitative estimate of drug-likeness (QED) is 0.720. The Morgan fingerprint density at radius 3 is 3.21 bits per heavy atom. The molecule has 2 heterocycles. The van der Waals surface area contributed by atoms with Gasteiger partial charge in [0.15, 0.2) is 5.78 Å². The number of ether oxygens (including phenoxy) is 2. The number of carbonyl (C=O) groups is 1. The van der Waals surface area contributed by atoms with Crippen LogP contribution in [0.25, 0.3) is 0 Å². The van der Waals surface area contributed by atoms with Crippen molar-refractivity contribution in [3.63, 3.8) is 0 Å². The van der Waals surface area contributed by atoms with Gasteiger partial charge in [0, 0.05) is 20.1 Å². The molecule has 5 nitrogen and oxygen atoms in total. The summed E-state index contributed by atoms with van der Waals surface area (Å²) < 4.78 is 13.0. The van der Waals surface area contributed by atoms with Crippen molar-refractivity contribution in [2.75, 3.05) is 20.3 Å². The van der Waals surface area contributed by atoms with E-state index in [0.717, 1.165) is 30.3 Å². The van der Waals surface area contributed by atoms with Crippen molar-refractivity contribution in [3.8, 4) is 0 Å². The summed E-state index contributed by atoms with van der Waals surface area (Å²) in [5.74, 6) is 0.107. The molecule has 0 bridgehead atoms. The molecule has 106 valence electrons. The van der Waals surface area contributed by atoms with E-state index in [1.165, 1.54) is 0 Å². The highest BCUT2D eigenvalue weighted by molar-refractivity contribution is 9.10. The number of methoxy groups -OCH3 is 1. The van der Waals surface area contributed by atoms with Gasteiger partial charge in [0.05, 0.1) is 29.9 Å². The van der Waals surface area contributed by atoms with E-state index in [9.17, 15) is 4.79 Å². The van der Waals surface area contributed by atoms with Gasteiger partial charge >= 0.3 is 0 Å². The Bertz CT molecular complexity index is 428. The Morgan fingerprint density at radius 2 is 2.53 bits per heavy atom. The molecular formula is C13H19BrN2O3. The monoisotopic (exact) mass is 330 g/mol. The van der Waals surface area contributed by atoms with Gasteiger partial charge in [-0.25, -0.2) is 0 Å². The first-order valence-corrected chi connectivity index (χ1v) is 7.36. The summed E-state index contributed by atoms with van der Waals surface area (Å²) in [5, 5.41) is 4.19. The molecule has 0 spiro atoms. The predicted molar refractivity (Wildman–Crippen MR) is 74.3 cm³/mol. The van der Waals surface area contributed by atoms with Gasteiger partial charge < -0.3 is 9.47 Å². The van der Waals surface area contributed by atoms with E-state index in [1.54, 1.807) is 18.0 Å². The number of carbonyl (C=O) groups excluding carboxylic acids is 1. The zero-order valence-corrected chi connectivity index (χ0v) is 12.7. The molecule has 2 rings (SSSR count). The molecule has 1 aliphatic heterocycles. The lowest BCUT2D eigenvalue weighted by Crippen LogP contribution is -2.16. The Hall–Kier alpha value is -0.720. The van der Waals surface area contributed by atoms with Gasteiger partial charge in [0.25, 0.3) is 0 Å². The molecule has 1 fully saturated rings. The van der Waals surface area contributed by atoms with Gasteiger partial charge in [0.1, 0.15) is 5.69 Å². The number of Topliss-reactive ketones (excluding diaryl/α,β-unsaturated/α-hetero) is 1. The van der Waals surface area contributed by atoms with Crippen LogP contribution in [0.5, 0.6) is 0 Å². The summed E-state index contributed by atoms with van der Waals surface area (Å²) in [4.78, 5) is 12.3. The lowest BCUT2D eigenvalue weighted by Gasteiger charge is -2.10.